The number of halogens is 1. The number of benzene rings is 2. The zero-order valence-corrected chi connectivity index (χ0v) is 14.1. The summed E-state index contributed by atoms with van der Waals surface area (Å²) in [6, 6.07) is 16.8. The quantitative estimate of drug-likeness (QED) is 0.891. The van der Waals surface area contributed by atoms with Crippen LogP contribution < -0.4 is 5.32 Å². The Hall–Kier alpha value is -2.14. The van der Waals surface area contributed by atoms with E-state index in [9.17, 15) is 9.59 Å². The minimum Gasteiger partial charge on any atom is -0.326 e. The van der Waals surface area contributed by atoms with E-state index < -0.39 is 6.04 Å². The molecule has 2 aromatic carbocycles. The first kappa shape index (κ1) is 15.7. The van der Waals surface area contributed by atoms with Crippen molar-refractivity contribution in [3.05, 3.63) is 64.6 Å². The molecule has 0 spiro atoms. The second kappa shape index (κ2) is 6.96. The maximum absolute atomic E-state index is 12.6. The van der Waals surface area contributed by atoms with Gasteiger partial charge < -0.3 is 10.2 Å². The lowest BCUT2D eigenvalue weighted by molar-refractivity contribution is -0.133. The third kappa shape index (κ3) is 3.79. The van der Waals surface area contributed by atoms with Crippen molar-refractivity contribution in [3.63, 3.8) is 0 Å². The van der Waals surface area contributed by atoms with Crippen LogP contribution in [0.15, 0.2) is 59.1 Å². The van der Waals surface area contributed by atoms with Gasteiger partial charge in [0.25, 0.3) is 0 Å². The molecule has 1 heterocycles. The zero-order valence-electron chi connectivity index (χ0n) is 12.5. The van der Waals surface area contributed by atoms with E-state index in [1.165, 1.54) is 0 Å². The first-order valence-electron chi connectivity index (χ1n) is 7.53. The molecule has 2 amide bonds. The number of likely N-dealkylation sites (tertiary alicyclic amines) is 1. The number of carbonyl (C=O) groups is 2. The van der Waals surface area contributed by atoms with Gasteiger partial charge in [-0.15, -0.1) is 0 Å². The van der Waals surface area contributed by atoms with Crippen molar-refractivity contribution in [2.24, 2.45) is 0 Å². The zero-order chi connectivity index (χ0) is 16.2. The van der Waals surface area contributed by atoms with Crippen molar-refractivity contribution < 1.29 is 9.59 Å². The number of carbonyl (C=O) groups excluding carboxylic acids is 2. The topological polar surface area (TPSA) is 49.4 Å². The SMILES string of the molecule is O=C(Nc1cccc(Br)c1)C1CCC(=O)N1Cc1ccccc1. The molecule has 0 bridgehead atoms. The molecule has 2 aromatic rings. The number of anilines is 1. The van der Waals surface area contributed by atoms with E-state index in [1.807, 2.05) is 54.6 Å². The summed E-state index contributed by atoms with van der Waals surface area (Å²) < 4.78 is 0.902. The van der Waals surface area contributed by atoms with Gasteiger partial charge in [0.05, 0.1) is 0 Å². The fourth-order valence-corrected chi connectivity index (χ4v) is 3.18. The standard InChI is InChI=1S/C18H17BrN2O2/c19-14-7-4-8-15(11-14)20-18(23)16-9-10-17(22)21(16)12-13-5-2-1-3-6-13/h1-8,11,16H,9-10,12H2,(H,20,23). The Morgan fingerprint density at radius 3 is 2.70 bits per heavy atom. The highest BCUT2D eigenvalue weighted by Crippen LogP contribution is 2.23. The molecule has 1 saturated heterocycles. The van der Waals surface area contributed by atoms with Crippen LogP contribution >= 0.6 is 15.9 Å². The Bertz CT molecular complexity index is 718. The molecule has 1 unspecified atom stereocenters. The summed E-state index contributed by atoms with van der Waals surface area (Å²) >= 11 is 3.39. The van der Waals surface area contributed by atoms with Gasteiger partial charge in [-0.2, -0.15) is 0 Å². The first-order valence-corrected chi connectivity index (χ1v) is 8.32. The molecule has 0 saturated carbocycles. The summed E-state index contributed by atoms with van der Waals surface area (Å²) in [5.74, 6) is -0.104. The molecular weight excluding hydrogens is 356 g/mol. The van der Waals surface area contributed by atoms with Gasteiger partial charge in [-0.3, -0.25) is 9.59 Å². The van der Waals surface area contributed by atoms with Crippen molar-refractivity contribution in [1.82, 2.24) is 4.90 Å². The van der Waals surface area contributed by atoms with E-state index >= 15 is 0 Å². The van der Waals surface area contributed by atoms with E-state index in [0.29, 0.717) is 19.4 Å². The molecule has 0 aliphatic carbocycles. The molecule has 1 N–H and O–H groups in total. The van der Waals surface area contributed by atoms with Crippen molar-refractivity contribution in [3.8, 4) is 0 Å². The molecule has 1 aliphatic rings. The van der Waals surface area contributed by atoms with Gasteiger partial charge in [0, 0.05) is 23.1 Å². The molecule has 5 heteroatoms. The average molecular weight is 373 g/mol. The van der Waals surface area contributed by atoms with Gasteiger partial charge in [-0.25, -0.2) is 0 Å². The molecule has 1 fully saturated rings. The smallest absolute Gasteiger partial charge is 0.247 e. The summed E-state index contributed by atoms with van der Waals surface area (Å²) in [4.78, 5) is 26.4. The third-order valence-electron chi connectivity index (χ3n) is 3.92. The minimum absolute atomic E-state index is 0.0308. The Balaban J connectivity index is 1.72. The van der Waals surface area contributed by atoms with Crippen molar-refractivity contribution >= 4 is 33.4 Å². The lowest BCUT2D eigenvalue weighted by Gasteiger charge is -2.24. The van der Waals surface area contributed by atoms with Crippen LogP contribution in [0.3, 0.4) is 0 Å². The van der Waals surface area contributed by atoms with Crippen LogP contribution in [0.5, 0.6) is 0 Å². The van der Waals surface area contributed by atoms with E-state index in [2.05, 4.69) is 21.2 Å². The molecule has 4 nitrogen and oxygen atoms in total. The summed E-state index contributed by atoms with van der Waals surface area (Å²) in [5.41, 5.74) is 1.76. The fourth-order valence-electron chi connectivity index (χ4n) is 2.78. The number of hydrogen-bond acceptors (Lipinski definition) is 2. The average Bonchev–Trinajstić information content (AvgIpc) is 2.89. The fraction of sp³-hybridized carbons (Fsp3) is 0.222. The first-order chi connectivity index (χ1) is 11.1. The van der Waals surface area contributed by atoms with Crippen LogP contribution in [-0.2, 0) is 16.1 Å². The summed E-state index contributed by atoms with van der Waals surface area (Å²) in [5, 5.41) is 2.90. The number of rotatable bonds is 4. The highest BCUT2D eigenvalue weighted by Gasteiger charge is 2.35. The lowest BCUT2D eigenvalue weighted by atomic mass is 10.1. The maximum atomic E-state index is 12.6. The largest absolute Gasteiger partial charge is 0.326 e. The van der Waals surface area contributed by atoms with E-state index in [1.54, 1.807) is 4.90 Å². The minimum atomic E-state index is -0.415. The Morgan fingerprint density at radius 1 is 1.17 bits per heavy atom. The Labute approximate surface area is 143 Å². The highest BCUT2D eigenvalue weighted by molar-refractivity contribution is 9.10. The molecule has 118 valence electrons. The van der Waals surface area contributed by atoms with Gasteiger partial charge in [0.1, 0.15) is 6.04 Å². The van der Waals surface area contributed by atoms with Gasteiger partial charge in [-0.05, 0) is 30.2 Å². The summed E-state index contributed by atoms with van der Waals surface area (Å²) in [6.45, 7) is 0.468. The van der Waals surface area contributed by atoms with Crippen molar-refractivity contribution in [2.75, 3.05) is 5.32 Å². The van der Waals surface area contributed by atoms with Gasteiger partial charge in [-0.1, -0.05) is 52.3 Å². The van der Waals surface area contributed by atoms with Crippen LogP contribution in [0.2, 0.25) is 0 Å². The molecular formula is C18H17BrN2O2. The van der Waals surface area contributed by atoms with Crippen LogP contribution in [0, 0.1) is 0 Å². The second-order valence-electron chi connectivity index (χ2n) is 5.56. The lowest BCUT2D eigenvalue weighted by Crippen LogP contribution is -2.41. The van der Waals surface area contributed by atoms with Crippen molar-refractivity contribution in [1.29, 1.82) is 0 Å². The van der Waals surface area contributed by atoms with Gasteiger partial charge in [0.15, 0.2) is 0 Å². The summed E-state index contributed by atoms with van der Waals surface area (Å²) in [7, 11) is 0. The monoisotopic (exact) mass is 372 g/mol. The molecule has 3 rings (SSSR count). The van der Waals surface area contributed by atoms with Gasteiger partial charge >= 0.3 is 0 Å². The molecule has 23 heavy (non-hydrogen) atoms. The summed E-state index contributed by atoms with van der Waals surface area (Å²) in [6.07, 6.45) is 0.981. The second-order valence-corrected chi connectivity index (χ2v) is 6.48. The van der Waals surface area contributed by atoms with E-state index in [4.69, 9.17) is 0 Å². The maximum Gasteiger partial charge on any atom is 0.247 e. The molecule has 1 aliphatic heterocycles. The van der Waals surface area contributed by atoms with Crippen LogP contribution in [0.1, 0.15) is 18.4 Å². The third-order valence-corrected chi connectivity index (χ3v) is 4.41. The predicted octanol–water partition coefficient (Wildman–Crippen LogP) is 3.58. The number of nitrogens with one attached hydrogen (secondary N) is 1. The predicted molar refractivity (Wildman–Crippen MR) is 92.8 cm³/mol. The molecule has 1 atom stereocenters. The molecule has 0 aromatic heterocycles. The number of hydrogen-bond donors (Lipinski definition) is 1. The molecule has 0 radical (unpaired) electrons. The Morgan fingerprint density at radius 2 is 1.96 bits per heavy atom. The van der Waals surface area contributed by atoms with Gasteiger partial charge in [0.2, 0.25) is 11.8 Å². The number of nitrogens with zero attached hydrogens (tertiary/aromatic N) is 1. The van der Waals surface area contributed by atoms with E-state index in [0.717, 1.165) is 15.7 Å². The van der Waals surface area contributed by atoms with Crippen molar-refractivity contribution in [2.45, 2.75) is 25.4 Å². The number of amides is 2. The normalized spacial score (nSPS) is 17.3. The van der Waals surface area contributed by atoms with E-state index in [-0.39, 0.29) is 11.8 Å². The van der Waals surface area contributed by atoms with Crippen LogP contribution in [0.25, 0.3) is 0 Å². The van der Waals surface area contributed by atoms with Crippen LogP contribution in [-0.4, -0.2) is 22.8 Å². The van der Waals surface area contributed by atoms with Crippen LogP contribution in [0.4, 0.5) is 5.69 Å². The Kier molecular flexibility index (Phi) is 4.76. The highest BCUT2D eigenvalue weighted by atomic mass is 79.9.